The maximum Gasteiger partial charge on any atom is 0.294 e. The third-order valence-corrected chi connectivity index (χ3v) is 3.25. The second-order valence-electron chi connectivity index (χ2n) is 3.47. The number of nitrogen functional groups attached to an aromatic ring is 2. The minimum absolute atomic E-state index is 0. The van der Waals surface area contributed by atoms with Crippen molar-refractivity contribution in [1.82, 2.24) is 0 Å². The van der Waals surface area contributed by atoms with Crippen LogP contribution < -0.4 is 28.9 Å². The summed E-state index contributed by atoms with van der Waals surface area (Å²) in [4.78, 5) is 3.06. The highest BCUT2D eigenvalue weighted by atomic mass is 35.5. The van der Waals surface area contributed by atoms with E-state index in [0.29, 0.717) is 11.5 Å². The number of H-pyrrole nitrogens is 1. The summed E-state index contributed by atoms with van der Waals surface area (Å²) in [5.74, 6) is 1.44. The summed E-state index contributed by atoms with van der Waals surface area (Å²) in [6, 6.07) is 14.1. The maximum absolute atomic E-state index is 5.70. The molecule has 5 heteroatoms. The summed E-state index contributed by atoms with van der Waals surface area (Å²) in [5.41, 5.74) is 13.2. The smallest absolute Gasteiger partial charge is 0.294 e. The largest absolute Gasteiger partial charge is 1.00 e. The van der Waals surface area contributed by atoms with Gasteiger partial charge in [0.25, 0.3) is 5.82 Å². The first-order chi connectivity index (χ1) is 7.75. The van der Waals surface area contributed by atoms with Crippen LogP contribution in [0.2, 0.25) is 0 Å². The standard InChI is InChI=1S/C12H13N3S.ClH/c13-10-6-7-11(15-12(10)14)16-8-9-4-2-1-3-5-9;/h1-7H,8,13H2,(H2,14,15);1H. The number of rotatable bonds is 3. The van der Waals surface area contributed by atoms with Crippen LogP contribution in [0.15, 0.2) is 47.5 Å². The molecule has 0 saturated heterocycles. The Hall–Kier alpha value is -1.39. The molecule has 5 N–H and O–H groups in total. The molecule has 0 fully saturated rings. The SMILES string of the molecule is Nc1ccc(SCc2ccccc2)[nH+]c1N.[Cl-]. The lowest BCUT2D eigenvalue weighted by Crippen LogP contribution is -3.00. The lowest BCUT2D eigenvalue weighted by Gasteiger charge is -2.00. The molecule has 0 radical (unpaired) electrons. The van der Waals surface area contributed by atoms with Crippen molar-refractivity contribution >= 4 is 23.3 Å². The van der Waals surface area contributed by atoms with Crippen LogP contribution in [0.25, 0.3) is 0 Å². The van der Waals surface area contributed by atoms with Crippen molar-refractivity contribution < 1.29 is 17.4 Å². The van der Waals surface area contributed by atoms with Gasteiger partial charge in [0.05, 0.1) is 0 Å². The van der Waals surface area contributed by atoms with E-state index in [0.717, 1.165) is 10.8 Å². The monoisotopic (exact) mass is 267 g/mol. The fourth-order valence-corrected chi connectivity index (χ4v) is 2.18. The molecule has 90 valence electrons. The fourth-order valence-electron chi connectivity index (χ4n) is 1.32. The van der Waals surface area contributed by atoms with Gasteiger partial charge in [0.2, 0.25) is 0 Å². The van der Waals surface area contributed by atoms with E-state index >= 15 is 0 Å². The Morgan fingerprint density at radius 1 is 1.00 bits per heavy atom. The Morgan fingerprint density at radius 3 is 2.35 bits per heavy atom. The quantitative estimate of drug-likeness (QED) is 0.699. The van der Waals surface area contributed by atoms with E-state index in [2.05, 4.69) is 17.1 Å². The van der Waals surface area contributed by atoms with Gasteiger partial charge in [-0.3, -0.25) is 5.73 Å². The van der Waals surface area contributed by atoms with E-state index in [4.69, 9.17) is 11.5 Å². The van der Waals surface area contributed by atoms with Crippen molar-refractivity contribution in [3.8, 4) is 0 Å². The predicted molar refractivity (Wildman–Crippen MR) is 67.8 cm³/mol. The van der Waals surface area contributed by atoms with Crippen LogP contribution >= 0.6 is 11.8 Å². The van der Waals surface area contributed by atoms with Crippen LogP contribution in [0.1, 0.15) is 5.56 Å². The first-order valence-corrected chi connectivity index (χ1v) is 5.98. The van der Waals surface area contributed by atoms with Gasteiger partial charge in [-0.05, 0) is 17.7 Å². The minimum Gasteiger partial charge on any atom is -1.00 e. The third kappa shape index (κ3) is 3.84. The highest BCUT2D eigenvalue weighted by Gasteiger charge is 2.04. The van der Waals surface area contributed by atoms with Gasteiger partial charge in [-0.25, -0.2) is 4.98 Å². The van der Waals surface area contributed by atoms with Crippen molar-refractivity contribution in [1.29, 1.82) is 0 Å². The van der Waals surface area contributed by atoms with Gasteiger partial charge in [0.1, 0.15) is 5.69 Å². The van der Waals surface area contributed by atoms with Crippen LogP contribution in [-0.4, -0.2) is 0 Å². The maximum atomic E-state index is 5.70. The molecule has 1 aromatic heterocycles. The number of anilines is 2. The minimum atomic E-state index is 0. The molecule has 2 rings (SSSR count). The van der Waals surface area contributed by atoms with E-state index in [1.807, 2.05) is 30.3 Å². The second kappa shape index (κ2) is 6.37. The molecule has 0 aliphatic carbocycles. The number of nitrogens with two attached hydrogens (primary N) is 2. The lowest BCUT2D eigenvalue weighted by molar-refractivity contribution is -0.409. The van der Waals surface area contributed by atoms with Crippen LogP contribution in [0.3, 0.4) is 0 Å². The number of hydrogen-bond acceptors (Lipinski definition) is 3. The third-order valence-electron chi connectivity index (χ3n) is 2.22. The number of aromatic nitrogens is 1. The Morgan fingerprint density at radius 2 is 1.71 bits per heavy atom. The topological polar surface area (TPSA) is 66.2 Å². The molecule has 1 heterocycles. The van der Waals surface area contributed by atoms with Gasteiger partial charge < -0.3 is 18.1 Å². The Labute approximate surface area is 111 Å². The number of nitrogens with one attached hydrogen (secondary N) is 1. The van der Waals surface area contributed by atoms with Gasteiger partial charge >= 0.3 is 0 Å². The van der Waals surface area contributed by atoms with Gasteiger partial charge in [-0.15, -0.1) is 0 Å². The molecule has 0 aliphatic heterocycles. The number of benzene rings is 1. The molecule has 1 aromatic carbocycles. The second-order valence-corrected chi connectivity index (χ2v) is 4.48. The summed E-state index contributed by atoms with van der Waals surface area (Å²) < 4.78 is 0. The van der Waals surface area contributed by atoms with Gasteiger partial charge in [-0.1, -0.05) is 42.1 Å². The molecule has 2 aromatic rings. The van der Waals surface area contributed by atoms with Gasteiger partial charge in [0, 0.05) is 5.75 Å². The van der Waals surface area contributed by atoms with Crippen LogP contribution in [0.4, 0.5) is 11.5 Å². The molecule has 3 nitrogen and oxygen atoms in total. The highest BCUT2D eigenvalue weighted by Crippen LogP contribution is 2.20. The van der Waals surface area contributed by atoms with E-state index in [1.54, 1.807) is 11.8 Å². The number of aromatic amines is 1. The van der Waals surface area contributed by atoms with E-state index < -0.39 is 0 Å². The zero-order valence-electron chi connectivity index (χ0n) is 9.19. The number of halogens is 1. The zero-order chi connectivity index (χ0) is 11.4. The first kappa shape index (κ1) is 13.7. The van der Waals surface area contributed by atoms with E-state index in [9.17, 15) is 0 Å². The number of pyridine rings is 1. The first-order valence-electron chi connectivity index (χ1n) is 5.00. The van der Waals surface area contributed by atoms with Gasteiger partial charge in [-0.2, -0.15) is 0 Å². The van der Waals surface area contributed by atoms with Crippen molar-refractivity contribution in [2.24, 2.45) is 0 Å². The summed E-state index contributed by atoms with van der Waals surface area (Å²) in [5, 5.41) is 1.02. The van der Waals surface area contributed by atoms with Crippen molar-refractivity contribution in [2.45, 2.75) is 10.8 Å². The summed E-state index contributed by atoms with van der Waals surface area (Å²) in [6.45, 7) is 0. The molecule has 0 saturated carbocycles. The molecule has 0 aliphatic rings. The summed E-state index contributed by atoms with van der Waals surface area (Å²) >= 11 is 1.71. The summed E-state index contributed by atoms with van der Waals surface area (Å²) in [7, 11) is 0. The fraction of sp³-hybridized carbons (Fsp3) is 0.0833. The molecular weight excluding hydrogens is 254 g/mol. The molecule has 0 unspecified atom stereocenters. The Bertz CT molecular complexity index is 476. The number of hydrogen-bond donors (Lipinski definition) is 2. The van der Waals surface area contributed by atoms with E-state index in [-0.39, 0.29) is 12.4 Å². The van der Waals surface area contributed by atoms with Crippen LogP contribution in [0, 0.1) is 0 Å². The van der Waals surface area contributed by atoms with Crippen molar-refractivity contribution in [3.63, 3.8) is 0 Å². The molecule has 0 bridgehead atoms. The number of thioether (sulfide) groups is 1. The molecule has 0 amide bonds. The molecule has 17 heavy (non-hydrogen) atoms. The van der Waals surface area contributed by atoms with Crippen molar-refractivity contribution in [3.05, 3.63) is 48.0 Å². The van der Waals surface area contributed by atoms with Gasteiger partial charge in [0.15, 0.2) is 5.03 Å². The predicted octanol–water partition coefficient (Wildman–Crippen LogP) is -1.04. The van der Waals surface area contributed by atoms with Crippen LogP contribution in [-0.2, 0) is 5.75 Å². The van der Waals surface area contributed by atoms with E-state index in [1.165, 1.54) is 5.56 Å². The molecule has 0 atom stereocenters. The van der Waals surface area contributed by atoms with Crippen LogP contribution in [0.5, 0.6) is 0 Å². The zero-order valence-corrected chi connectivity index (χ0v) is 10.8. The summed E-state index contributed by atoms with van der Waals surface area (Å²) in [6.07, 6.45) is 0. The molecular formula is C12H14ClN3S. The average molecular weight is 268 g/mol. The Balaban J connectivity index is 0.00000144. The normalized spacial score (nSPS) is 9.65. The highest BCUT2D eigenvalue weighted by molar-refractivity contribution is 7.98. The average Bonchev–Trinajstić information content (AvgIpc) is 2.32. The Kier molecular flexibility index (Phi) is 5.12. The molecule has 0 spiro atoms. The van der Waals surface area contributed by atoms with Crippen molar-refractivity contribution in [2.75, 3.05) is 11.5 Å². The lowest BCUT2D eigenvalue weighted by atomic mass is 10.2.